The number of hydrogen-bond acceptors (Lipinski definition) is 3. The highest BCUT2D eigenvalue weighted by Gasteiger charge is 2.18. The lowest BCUT2D eigenvalue weighted by molar-refractivity contribution is 0.396. The summed E-state index contributed by atoms with van der Waals surface area (Å²) in [6, 6.07) is 6.94. The van der Waals surface area contributed by atoms with Crippen LogP contribution in [-0.4, -0.2) is 19.1 Å². The smallest absolute Gasteiger partial charge is 0.141 e. The molecule has 0 bridgehead atoms. The first-order valence-electron chi connectivity index (χ1n) is 6.25. The Morgan fingerprint density at radius 1 is 1.30 bits per heavy atom. The lowest BCUT2D eigenvalue weighted by Crippen LogP contribution is -2.21. The van der Waals surface area contributed by atoms with E-state index < -0.39 is 11.6 Å². The summed E-state index contributed by atoms with van der Waals surface area (Å²) in [5.41, 5.74) is 1.12. The molecule has 0 amide bonds. The number of pyridine rings is 1. The highest BCUT2D eigenvalue weighted by atomic mass is 19.1. The second-order valence-corrected chi connectivity index (χ2v) is 4.37. The average molecular weight is 278 g/mol. The maximum Gasteiger partial charge on any atom is 0.141 e. The van der Waals surface area contributed by atoms with Crippen LogP contribution in [0.5, 0.6) is 5.75 Å². The van der Waals surface area contributed by atoms with Crippen LogP contribution in [0.2, 0.25) is 0 Å². The third-order valence-corrected chi connectivity index (χ3v) is 3.14. The quantitative estimate of drug-likeness (QED) is 0.913. The fraction of sp³-hybridized carbons (Fsp3) is 0.267. The van der Waals surface area contributed by atoms with Crippen LogP contribution < -0.4 is 10.1 Å². The molecule has 0 aliphatic rings. The zero-order chi connectivity index (χ0) is 14.5. The number of likely N-dealkylation sites (N-methyl/N-ethyl adjacent to an activating group) is 1. The van der Waals surface area contributed by atoms with Crippen molar-refractivity contribution in [3.8, 4) is 5.75 Å². The largest absolute Gasteiger partial charge is 0.495 e. The molecule has 2 aromatic rings. The molecule has 0 spiro atoms. The molecule has 20 heavy (non-hydrogen) atoms. The fourth-order valence-electron chi connectivity index (χ4n) is 2.08. The molecule has 0 fully saturated rings. The van der Waals surface area contributed by atoms with E-state index in [9.17, 15) is 8.78 Å². The van der Waals surface area contributed by atoms with Gasteiger partial charge in [-0.1, -0.05) is 6.07 Å². The van der Waals surface area contributed by atoms with Gasteiger partial charge in [0.2, 0.25) is 0 Å². The predicted molar refractivity (Wildman–Crippen MR) is 72.7 cm³/mol. The molecule has 5 heteroatoms. The molecule has 1 unspecified atom stereocenters. The topological polar surface area (TPSA) is 34.2 Å². The summed E-state index contributed by atoms with van der Waals surface area (Å²) in [4.78, 5) is 4.28. The number of halogens is 2. The van der Waals surface area contributed by atoms with Gasteiger partial charge in [-0.15, -0.1) is 0 Å². The minimum absolute atomic E-state index is 0.217. The molecule has 106 valence electrons. The van der Waals surface area contributed by atoms with Crippen molar-refractivity contribution in [1.29, 1.82) is 0 Å². The highest BCUT2D eigenvalue weighted by Crippen LogP contribution is 2.26. The summed E-state index contributed by atoms with van der Waals surface area (Å²) in [7, 11) is 3.33. The highest BCUT2D eigenvalue weighted by molar-refractivity contribution is 5.31. The second kappa shape index (κ2) is 6.43. The van der Waals surface area contributed by atoms with E-state index in [1.54, 1.807) is 32.5 Å². The molecule has 0 aliphatic carbocycles. The lowest BCUT2D eigenvalue weighted by Gasteiger charge is -2.18. The Balaban J connectivity index is 2.29. The van der Waals surface area contributed by atoms with Crippen LogP contribution in [-0.2, 0) is 6.42 Å². The molecule has 0 aliphatic heterocycles. The molecule has 0 saturated carbocycles. The average Bonchev–Trinajstić information content (AvgIpc) is 2.46. The van der Waals surface area contributed by atoms with Crippen LogP contribution in [0, 0.1) is 11.6 Å². The molecule has 0 radical (unpaired) electrons. The van der Waals surface area contributed by atoms with E-state index in [0.717, 1.165) is 6.07 Å². The summed E-state index contributed by atoms with van der Waals surface area (Å²) >= 11 is 0. The van der Waals surface area contributed by atoms with Crippen molar-refractivity contribution < 1.29 is 13.5 Å². The van der Waals surface area contributed by atoms with Crippen molar-refractivity contribution in [2.75, 3.05) is 14.2 Å². The van der Waals surface area contributed by atoms with Crippen LogP contribution in [0.15, 0.2) is 36.5 Å². The monoisotopic (exact) mass is 278 g/mol. The van der Waals surface area contributed by atoms with Gasteiger partial charge in [-0.2, -0.15) is 0 Å². The Hall–Kier alpha value is -2.01. The number of methoxy groups -OCH3 is 1. The van der Waals surface area contributed by atoms with E-state index in [0.29, 0.717) is 23.4 Å². The van der Waals surface area contributed by atoms with Crippen molar-refractivity contribution in [2.24, 2.45) is 0 Å². The van der Waals surface area contributed by atoms with Gasteiger partial charge in [0.1, 0.15) is 17.4 Å². The number of aromatic nitrogens is 1. The van der Waals surface area contributed by atoms with Gasteiger partial charge >= 0.3 is 0 Å². The number of rotatable bonds is 5. The van der Waals surface area contributed by atoms with E-state index in [4.69, 9.17) is 4.74 Å². The Kier molecular flexibility index (Phi) is 4.63. The lowest BCUT2D eigenvalue weighted by atomic mass is 10.0. The Bertz CT molecular complexity index is 590. The van der Waals surface area contributed by atoms with Gasteiger partial charge in [0.05, 0.1) is 18.8 Å². The van der Waals surface area contributed by atoms with Gasteiger partial charge in [0.25, 0.3) is 0 Å². The summed E-state index contributed by atoms with van der Waals surface area (Å²) in [5, 5.41) is 3.08. The van der Waals surface area contributed by atoms with E-state index in [1.165, 1.54) is 12.1 Å². The Labute approximate surface area is 116 Å². The van der Waals surface area contributed by atoms with Crippen molar-refractivity contribution >= 4 is 0 Å². The van der Waals surface area contributed by atoms with Crippen LogP contribution in [0.25, 0.3) is 0 Å². The maximum absolute atomic E-state index is 13.7. The molecule has 1 aromatic heterocycles. The van der Waals surface area contributed by atoms with E-state index >= 15 is 0 Å². The van der Waals surface area contributed by atoms with Gasteiger partial charge in [-0.05, 0) is 37.2 Å². The molecule has 1 heterocycles. The van der Waals surface area contributed by atoms with Crippen molar-refractivity contribution in [2.45, 2.75) is 12.5 Å². The minimum Gasteiger partial charge on any atom is -0.495 e. The Morgan fingerprint density at radius 2 is 2.10 bits per heavy atom. The SMILES string of the molecule is CNC(Cc1ccc(F)cc1F)c1ncccc1OC. The number of ether oxygens (including phenoxy) is 1. The van der Waals surface area contributed by atoms with Gasteiger partial charge in [-0.25, -0.2) is 8.78 Å². The van der Waals surface area contributed by atoms with Crippen LogP contribution in [0.1, 0.15) is 17.3 Å². The molecule has 2 rings (SSSR count). The first-order chi connectivity index (χ1) is 9.65. The maximum atomic E-state index is 13.7. The standard InChI is InChI=1S/C15H16F2N2O/c1-18-13(15-14(20-2)4-3-7-19-15)8-10-5-6-11(16)9-12(10)17/h3-7,9,13,18H,8H2,1-2H3. The van der Waals surface area contributed by atoms with Crippen LogP contribution in [0.3, 0.4) is 0 Å². The summed E-state index contributed by atoms with van der Waals surface area (Å²) in [6.45, 7) is 0. The van der Waals surface area contributed by atoms with Gasteiger partial charge in [0, 0.05) is 12.3 Å². The molecule has 3 nitrogen and oxygen atoms in total. The third-order valence-electron chi connectivity index (χ3n) is 3.14. The second-order valence-electron chi connectivity index (χ2n) is 4.37. The molecule has 1 atom stereocenters. The molecular formula is C15H16F2N2O. The number of nitrogens with zero attached hydrogens (tertiary/aromatic N) is 1. The van der Waals surface area contributed by atoms with Gasteiger partial charge in [0.15, 0.2) is 0 Å². The van der Waals surface area contributed by atoms with Crippen molar-refractivity contribution in [3.05, 3.63) is 59.4 Å². The normalized spacial score (nSPS) is 12.2. The molecule has 0 saturated heterocycles. The number of nitrogens with one attached hydrogen (secondary N) is 1. The van der Waals surface area contributed by atoms with Gasteiger partial charge < -0.3 is 10.1 Å². The number of benzene rings is 1. The summed E-state index contributed by atoms with van der Waals surface area (Å²) in [6.07, 6.45) is 2.01. The van der Waals surface area contributed by atoms with Gasteiger partial charge in [-0.3, -0.25) is 4.98 Å². The zero-order valence-corrected chi connectivity index (χ0v) is 11.4. The first-order valence-corrected chi connectivity index (χ1v) is 6.25. The van der Waals surface area contributed by atoms with E-state index in [1.807, 2.05) is 0 Å². The Morgan fingerprint density at radius 3 is 2.75 bits per heavy atom. The van der Waals surface area contributed by atoms with E-state index in [-0.39, 0.29) is 6.04 Å². The molecule has 1 aromatic carbocycles. The number of hydrogen-bond donors (Lipinski definition) is 1. The third kappa shape index (κ3) is 3.11. The van der Waals surface area contributed by atoms with Crippen molar-refractivity contribution in [3.63, 3.8) is 0 Å². The fourth-order valence-corrected chi connectivity index (χ4v) is 2.08. The van der Waals surface area contributed by atoms with Crippen LogP contribution >= 0.6 is 0 Å². The van der Waals surface area contributed by atoms with Crippen molar-refractivity contribution in [1.82, 2.24) is 10.3 Å². The molecule has 1 N–H and O–H groups in total. The van der Waals surface area contributed by atoms with Crippen LogP contribution in [0.4, 0.5) is 8.78 Å². The van der Waals surface area contributed by atoms with E-state index in [2.05, 4.69) is 10.3 Å². The first kappa shape index (κ1) is 14.4. The zero-order valence-electron chi connectivity index (χ0n) is 11.4. The predicted octanol–water partition coefficient (Wildman–Crippen LogP) is 2.87. The molecular weight excluding hydrogens is 262 g/mol. The summed E-state index contributed by atoms with van der Waals surface area (Å²) < 4.78 is 31.9. The summed E-state index contributed by atoms with van der Waals surface area (Å²) in [5.74, 6) is -0.503. The minimum atomic E-state index is -0.581.